The van der Waals surface area contributed by atoms with Crippen LogP contribution >= 0.6 is 23.4 Å². The van der Waals surface area contributed by atoms with Gasteiger partial charge in [-0.2, -0.15) is 0 Å². The number of anilines is 1. The lowest BCUT2D eigenvalue weighted by molar-refractivity contribution is -0.116. The Morgan fingerprint density at radius 3 is 2.50 bits per heavy atom. The normalized spacial score (nSPS) is 16.1. The van der Waals surface area contributed by atoms with Crippen molar-refractivity contribution in [2.75, 3.05) is 5.32 Å². The third kappa shape index (κ3) is 4.57. The molecule has 0 aliphatic heterocycles. The van der Waals surface area contributed by atoms with Crippen LogP contribution in [0.2, 0.25) is 5.02 Å². The maximum absolute atomic E-state index is 12.6. The molecule has 3 rings (SSSR count). The number of rotatable bonds is 4. The molecule has 2 aromatic rings. The number of hydrogen-bond donors (Lipinski definition) is 1. The minimum atomic E-state index is -0.252. The zero-order valence-corrected chi connectivity index (χ0v) is 16.3. The van der Waals surface area contributed by atoms with E-state index in [0.717, 1.165) is 16.2 Å². The first-order valence-electron chi connectivity index (χ1n) is 8.40. The zero-order chi connectivity index (χ0) is 18.7. The molecule has 0 radical (unpaired) electrons. The Labute approximate surface area is 162 Å². The quantitative estimate of drug-likeness (QED) is 0.706. The molecule has 26 heavy (non-hydrogen) atoms. The van der Waals surface area contributed by atoms with E-state index in [1.54, 1.807) is 30.3 Å². The average molecular weight is 386 g/mol. The first-order chi connectivity index (χ1) is 12.3. The maximum atomic E-state index is 12.6. The summed E-state index contributed by atoms with van der Waals surface area (Å²) in [7, 11) is 0. The standard InChI is InChI=1S/C21H20ClNO2S/c1-21(2)12-14(24)11-15(13-21)26-19-10-6-5-9-18(19)23-20(25)16-7-3-4-8-17(16)22/h3-11H,12-13H2,1-2H3,(H,23,25). The molecule has 0 bridgehead atoms. The monoisotopic (exact) mass is 385 g/mol. The summed E-state index contributed by atoms with van der Waals surface area (Å²) in [5, 5.41) is 3.35. The summed E-state index contributed by atoms with van der Waals surface area (Å²) in [5.74, 6) is -0.0981. The molecular weight excluding hydrogens is 366 g/mol. The van der Waals surface area contributed by atoms with Gasteiger partial charge in [-0.3, -0.25) is 9.59 Å². The second-order valence-electron chi connectivity index (χ2n) is 7.13. The van der Waals surface area contributed by atoms with Crippen LogP contribution in [0.3, 0.4) is 0 Å². The van der Waals surface area contributed by atoms with Crippen LogP contribution in [0.5, 0.6) is 0 Å². The number of allylic oxidation sites excluding steroid dienone is 2. The van der Waals surface area contributed by atoms with Gasteiger partial charge in [-0.15, -0.1) is 0 Å². The van der Waals surface area contributed by atoms with Gasteiger partial charge in [-0.25, -0.2) is 0 Å². The van der Waals surface area contributed by atoms with Gasteiger partial charge in [-0.1, -0.05) is 61.5 Å². The summed E-state index contributed by atoms with van der Waals surface area (Å²) < 4.78 is 0. The molecule has 5 heteroatoms. The van der Waals surface area contributed by atoms with E-state index in [2.05, 4.69) is 19.2 Å². The van der Waals surface area contributed by atoms with Gasteiger partial charge < -0.3 is 5.32 Å². The minimum Gasteiger partial charge on any atom is -0.321 e. The van der Waals surface area contributed by atoms with Gasteiger partial charge in [0, 0.05) is 11.3 Å². The molecule has 134 valence electrons. The van der Waals surface area contributed by atoms with E-state index in [1.165, 1.54) is 11.8 Å². The van der Waals surface area contributed by atoms with Crippen LogP contribution in [0, 0.1) is 5.41 Å². The van der Waals surface area contributed by atoms with Crippen LogP contribution < -0.4 is 5.32 Å². The fourth-order valence-corrected chi connectivity index (χ4v) is 4.52. The van der Waals surface area contributed by atoms with Crippen LogP contribution in [0.1, 0.15) is 37.0 Å². The lowest BCUT2D eigenvalue weighted by Gasteiger charge is -2.28. The summed E-state index contributed by atoms with van der Waals surface area (Å²) in [6.45, 7) is 4.20. The molecule has 0 heterocycles. The summed E-state index contributed by atoms with van der Waals surface area (Å²) in [6, 6.07) is 14.5. The van der Waals surface area contributed by atoms with E-state index in [-0.39, 0.29) is 17.1 Å². The molecule has 1 aliphatic carbocycles. The third-order valence-corrected chi connectivity index (χ3v) is 5.55. The van der Waals surface area contributed by atoms with Crippen molar-refractivity contribution >= 4 is 40.7 Å². The third-order valence-electron chi connectivity index (χ3n) is 4.12. The second-order valence-corrected chi connectivity index (χ2v) is 8.70. The number of carbonyl (C=O) groups excluding carboxylic acids is 2. The topological polar surface area (TPSA) is 46.2 Å². The first-order valence-corrected chi connectivity index (χ1v) is 9.60. The van der Waals surface area contributed by atoms with Crippen molar-refractivity contribution in [1.82, 2.24) is 0 Å². The minimum absolute atomic E-state index is 0.0378. The first kappa shape index (κ1) is 18.7. The van der Waals surface area contributed by atoms with E-state index in [9.17, 15) is 9.59 Å². The molecule has 0 saturated carbocycles. The van der Waals surface area contributed by atoms with Gasteiger partial charge in [-0.05, 0) is 47.1 Å². The van der Waals surface area contributed by atoms with Crippen molar-refractivity contribution in [1.29, 1.82) is 0 Å². The summed E-state index contributed by atoms with van der Waals surface area (Å²) >= 11 is 7.65. The fourth-order valence-electron chi connectivity index (χ4n) is 2.99. The molecular formula is C21H20ClNO2S. The van der Waals surface area contributed by atoms with Crippen LogP contribution in [0.25, 0.3) is 0 Å². The molecule has 0 unspecified atom stereocenters. The van der Waals surface area contributed by atoms with E-state index in [1.807, 2.05) is 24.3 Å². The maximum Gasteiger partial charge on any atom is 0.257 e. The number of carbonyl (C=O) groups is 2. The van der Waals surface area contributed by atoms with Crippen molar-refractivity contribution in [2.45, 2.75) is 31.6 Å². The summed E-state index contributed by atoms with van der Waals surface area (Å²) in [4.78, 5) is 26.5. The number of amides is 1. The highest BCUT2D eigenvalue weighted by atomic mass is 35.5. The Bertz CT molecular complexity index is 889. The number of hydrogen-bond acceptors (Lipinski definition) is 3. The lowest BCUT2D eigenvalue weighted by atomic mass is 9.80. The zero-order valence-electron chi connectivity index (χ0n) is 14.7. The van der Waals surface area contributed by atoms with Crippen molar-refractivity contribution in [3.63, 3.8) is 0 Å². The Balaban J connectivity index is 1.82. The smallest absolute Gasteiger partial charge is 0.257 e. The number of thioether (sulfide) groups is 1. The van der Waals surface area contributed by atoms with Gasteiger partial charge in [0.15, 0.2) is 5.78 Å². The number of nitrogens with one attached hydrogen (secondary N) is 1. The van der Waals surface area contributed by atoms with E-state index < -0.39 is 0 Å². The Hall–Kier alpha value is -2.04. The molecule has 2 aromatic carbocycles. The molecule has 0 fully saturated rings. The van der Waals surface area contributed by atoms with E-state index in [4.69, 9.17) is 11.6 Å². The van der Waals surface area contributed by atoms with Crippen molar-refractivity contribution in [3.8, 4) is 0 Å². The molecule has 0 atom stereocenters. The van der Waals surface area contributed by atoms with Gasteiger partial charge >= 0.3 is 0 Å². The number of ketones is 1. The van der Waals surface area contributed by atoms with Crippen molar-refractivity contribution in [3.05, 3.63) is 70.1 Å². The largest absolute Gasteiger partial charge is 0.321 e. The fraction of sp³-hybridized carbons (Fsp3) is 0.238. The van der Waals surface area contributed by atoms with Gasteiger partial charge in [0.2, 0.25) is 0 Å². The number of benzene rings is 2. The molecule has 1 amide bonds. The van der Waals surface area contributed by atoms with Gasteiger partial charge in [0.1, 0.15) is 0 Å². The molecule has 0 aromatic heterocycles. The second kappa shape index (κ2) is 7.68. The number of para-hydroxylation sites is 1. The predicted molar refractivity (Wildman–Crippen MR) is 108 cm³/mol. The van der Waals surface area contributed by atoms with Crippen LogP contribution in [0.15, 0.2) is 64.4 Å². The highest BCUT2D eigenvalue weighted by molar-refractivity contribution is 8.03. The summed E-state index contributed by atoms with van der Waals surface area (Å²) in [6.07, 6.45) is 3.14. The Morgan fingerprint density at radius 2 is 1.77 bits per heavy atom. The van der Waals surface area contributed by atoms with Crippen LogP contribution in [-0.4, -0.2) is 11.7 Å². The van der Waals surface area contributed by atoms with E-state index >= 15 is 0 Å². The highest BCUT2D eigenvalue weighted by Crippen LogP contribution is 2.43. The molecule has 0 spiro atoms. The van der Waals surface area contributed by atoms with Gasteiger partial charge in [0.25, 0.3) is 5.91 Å². The number of halogens is 1. The average Bonchev–Trinajstić information content (AvgIpc) is 2.55. The highest BCUT2D eigenvalue weighted by Gasteiger charge is 2.28. The van der Waals surface area contributed by atoms with Crippen LogP contribution in [0.4, 0.5) is 5.69 Å². The van der Waals surface area contributed by atoms with Crippen molar-refractivity contribution < 1.29 is 9.59 Å². The Kier molecular flexibility index (Phi) is 5.54. The predicted octanol–water partition coefficient (Wildman–Crippen LogP) is 5.96. The van der Waals surface area contributed by atoms with E-state index in [0.29, 0.717) is 22.7 Å². The Morgan fingerprint density at radius 1 is 1.08 bits per heavy atom. The SMILES string of the molecule is CC1(C)CC(=O)C=C(Sc2ccccc2NC(=O)c2ccccc2Cl)C1. The molecule has 0 saturated heterocycles. The van der Waals surface area contributed by atoms with Gasteiger partial charge in [0.05, 0.1) is 16.3 Å². The molecule has 1 N–H and O–H groups in total. The molecule has 1 aliphatic rings. The van der Waals surface area contributed by atoms with Crippen molar-refractivity contribution in [2.24, 2.45) is 5.41 Å². The lowest BCUT2D eigenvalue weighted by Crippen LogP contribution is -2.21. The molecule has 3 nitrogen and oxygen atoms in total. The summed E-state index contributed by atoms with van der Waals surface area (Å²) in [5.41, 5.74) is 1.10. The van der Waals surface area contributed by atoms with Crippen LogP contribution in [-0.2, 0) is 4.79 Å².